The molecule has 3 nitrogen and oxygen atoms in total. The van der Waals surface area contributed by atoms with Gasteiger partial charge in [-0.15, -0.1) is 11.8 Å². The van der Waals surface area contributed by atoms with Crippen LogP contribution in [-0.4, -0.2) is 16.8 Å². The Labute approximate surface area is 116 Å². The van der Waals surface area contributed by atoms with E-state index in [1.54, 1.807) is 23.9 Å². The van der Waals surface area contributed by atoms with Gasteiger partial charge in [0, 0.05) is 21.2 Å². The molecule has 1 aliphatic carbocycles. The van der Waals surface area contributed by atoms with Crippen molar-refractivity contribution in [2.24, 2.45) is 16.8 Å². The van der Waals surface area contributed by atoms with Gasteiger partial charge in [0.1, 0.15) is 0 Å². The number of hydrogen-bond donors (Lipinski definition) is 2. The predicted octanol–water partition coefficient (Wildman–Crippen LogP) is 3.72. The molecule has 0 saturated heterocycles. The van der Waals surface area contributed by atoms with Gasteiger partial charge in [-0.1, -0.05) is 29.6 Å². The molecule has 0 amide bonds. The number of nitrogens with two attached hydrogens (primary N) is 1. The molecule has 98 valence electrons. The Morgan fingerprint density at radius 1 is 1.44 bits per heavy atom. The van der Waals surface area contributed by atoms with E-state index in [1.165, 1.54) is 25.7 Å². The Morgan fingerprint density at radius 2 is 2.17 bits per heavy atom. The lowest BCUT2D eigenvalue weighted by Crippen LogP contribution is -2.14. The van der Waals surface area contributed by atoms with Crippen molar-refractivity contribution in [1.29, 1.82) is 0 Å². The van der Waals surface area contributed by atoms with E-state index in [2.05, 4.69) is 5.16 Å². The van der Waals surface area contributed by atoms with E-state index < -0.39 is 0 Å². The minimum Gasteiger partial charge on any atom is -0.409 e. The van der Waals surface area contributed by atoms with Gasteiger partial charge >= 0.3 is 0 Å². The normalized spacial score (nSPS) is 17.3. The maximum atomic E-state index is 8.78. The Hall–Kier alpha value is -0.870. The van der Waals surface area contributed by atoms with Gasteiger partial charge in [-0.2, -0.15) is 0 Å². The van der Waals surface area contributed by atoms with E-state index >= 15 is 0 Å². The summed E-state index contributed by atoms with van der Waals surface area (Å²) in [5.74, 6) is 2.00. The molecule has 0 bridgehead atoms. The summed E-state index contributed by atoms with van der Waals surface area (Å²) in [6, 6.07) is 5.44. The highest BCUT2D eigenvalue weighted by molar-refractivity contribution is 7.99. The molecule has 0 heterocycles. The van der Waals surface area contributed by atoms with Crippen molar-refractivity contribution in [3.05, 3.63) is 28.8 Å². The highest BCUT2D eigenvalue weighted by Crippen LogP contribution is 2.33. The summed E-state index contributed by atoms with van der Waals surface area (Å²) in [4.78, 5) is 0.990. The van der Waals surface area contributed by atoms with E-state index in [9.17, 15) is 0 Å². The molecule has 1 fully saturated rings. The molecule has 0 aliphatic heterocycles. The van der Waals surface area contributed by atoms with Crippen molar-refractivity contribution in [1.82, 2.24) is 0 Å². The zero-order valence-electron chi connectivity index (χ0n) is 10.1. The van der Waals surface area contributed by atoms with E-state index in [1.807, 2.05) is 6.07 Å². The van der Waals surface area contributed by atoms with Crippen LogP contribution in [0.4, 0.5) is 0 Å². The number of oxime groups is 1. The minimum absolute atomic E-state index is 0.139. The van der Waals surface area contributed by atoms with Gasteiger partial charge in [0.05, 0.1) is 0 Å². The molecule has 5 heteroatoms. The van der Waals surface area contributed by atoms with E-state index in [4.69, 9.17) is 22.5 Å². The number of benzene rings is 1. The van der Waals surface area contributed by atoms with Crippen LogP contribution in [0.1, 0.15) is 31.2 Å². The fraction of sp³-hybridized carbons (Fsp3) is 0.462. The second-order valence-electron chi connectivity index (χ2n) is 4.59. The van der Waals surface area contributed by atoms with Crippen LogP contribution < -0.4 is 5.73 Å². The fourth-order valence-electron chi connectivity index (χ4n) is 2.27. The summed E-state index contributed by atoms with van der Waals surface area (Å²) in [5.41, 5.74) is 6.43. The van der Waals surface area contributed by atoms with Crippen LogP contribution in [0.5, 0.6) is 0 Å². The third-order valence-corrected chi connectivity index (χ3v) is 4.80. The largest absolute Gasteiger partial charge is 0.409 e. The van der Waals surface area contributed by atoms with Gasteiger partial charge in [-0.25, -0.2) is 0 Å². The zero-order valence-corrected chi connectivity index (χ0v) is 11.7. The second-order valence-corrected chi connectivity index (χ2v) is 6.09. The van der Waals surface area contributed by atoms with Crippen LogP contribution in [0.2, 0.25) is 5.02 Å². The second kappa shape index (κ2) is 6.34. The average Bonchev–Trinajstić information content (AvgIpc) is 2.88. The van der Waals surface area contributed by atoms with Crippen LogP contribution in [0.25, 0.3) is 0 Å². The van der Waals surface area contributed by atoms with Gasteiger partial charge in [-0.3, -0.25) is 0 Å². The van der Waals surface area contributed by atoms with Crippen molar-refractivity contribution in [2.75, 3.05) is 5.75 Å². The summed E-state index contributed by atoms with van der Waals surface area (Å²) in [7, 11) is 0. The van der Waals surface area contributed by atoms with E-state index in [0.29, 0.717) is 5.02 Å². The first-order valence-electron chi connectivity index (χ1n) is 6.11. The molecule has 0 unspecified atom stereocenters. The summed E-state index contributed by atoms with van der Waals surface area (Å²) >= 11 is 7.75. The summed E-state index contributed by atoms with van der Waals surface area (Å²) in [6.07, 6.45) is 5.31. The van der Waals surface area contributed by atoms with Gasteiger partial charge in [0.2, 0.25) is 0 Å². The number of rotatable bonds is 4. The molecular weight excluding hydrogens is 268 g/mol. The molecule has 1 aliphatic rings. The minimum atomic E-state index is 0.139. The Bertz CT molecular complexity index is 445. The van der Waals surface area contributed by atoms with Gasteiger partial charge in [0.25, 0.3) is 0 Å². The van der Waals surface area contributed by atoms with Gasteiger partial charge in [-0.05, 0) is 37.0 Å². The lowest BCUT2D eigenvalue weighted by molar-refractivity contribution is 0.318. The molecule has 0 atom stereocenters. The Kier molecular flexibility index (Phi) is 4.78. The predicted molar refractivity (Wildman–Crippen MR) is 76.6 cm³/mol. The maximum Gasteiger partial charge on any atom is 0.171 e. The van der Waals surface area contributed by atoms with Crippen molar-refractivity contribution in [2.45, 2.75) is 30.6 Å². The quantitative estimate of drug-likeness (QED) is 0.291. The lowest BCUT2D eigenvalue weighted by atomic mass is 10.1. The van der Waals surface area contributed by atoms with Crippen molar-refractivity contribution < 1.29 is 5.21 Å². The molecule has 1 saturated carbocycles. The third-order valence-electron chi connectivity index (χ3n) is 3.28. The first kappa shape index (κ1) is 13.6. The topological polar surface area (TPSA) is 58.6 Å². The van der Waals surface area contributed by atoms with Crippen molar-refractivity contribution >= 4 is 29.2 Å². The molecular formula is C13H17ClN2OS. The molecule has 0 radical (unpaired) electrons. The van der Waals surface area contributed by atoms with Crippen LogP contribution in [0, 0.1) is 5.92 Å². The fourth-order valence-corrected chi connectivity index (χ4v) is 3.79. The number of nitrogens with zero attached hydrogens (tertiary/aromatic N) is 1. The average molecular weight is 285 g/mol. The number of amidine groups is 1. The van der Waals surface area contributed by atoms with Gasteiger partial charge < -0.3 is 10.9 Å². The molecule has 2 rings (SSSR count). The van der Waals surface area contributed by atoms with Gasteiger partial charge in [0.15, 0.2) is 5.84 Å². The van der Waals surface area contributed by atoms with Crippen molar-refractivity contribution in [3.63, 3.8) is 0 Å². The molecule has 1 aromatic rings. The van der Waals surface area contributed by atoms with E-state index in [0.717, 1.165) is 22.1 Å². The van der Waals surface area contributed by atoms with Crippen LogP contribution in [0.15, 0.2) is 28.3 Å². The first-order chi connectivity index (χ1) is 8.70. The zero-order chi connectivity index (χ0) is 13.0. The molecule has 0 aromatic heterocycles. The van der Waals surface area contributed by atoms with Crippen LogP contribution in [-0.2, 0) is 0 Å². The monoisotopic (exact) mass is 284 g/mol. The molecule has 0 spiro atoms. The number of halogens is 1. The smallest absolute Gasteiger partial charge is 0.171 e. The van der Waals surface area contributed by atoms with Crippen molar-refractivity contribution in [3.8, 4) is 0 Å². The first-order valence-corrected chi connectivity index (χ1v) is 7.47. The number of thioether (sulfide) groups is 1. The molecule has 18 heavy (non-hydrogen) atoms. The lowest BCUT2D eigenvalue weighted by Gasteiger charge is -2.11. The maximum absolute atomic E-state index is 8.78. The third kappa shape index (κ3) is 3.33. The Morgan fingerprint density at radius 3 is 2.83 bits per heavy atom. The SMILES string of the molecule is NC(=NO)c1ccc(Cl)cc1SCC1CCCC1. The van der Waals surface area contributed by atoms with Crippen LogP contribution in [0.3, 0.4) is 0 Å². The summed E-state index contributed by atoms with van der Waals surface area (Å²) < 4.78 is 0. The Balaban J connectivity index is 2.11. The summed E-state index contributed by atoms with van der Waals surface area (Å²) in [6.45, 7) is 0. The highest BCUT2D eigenvalue weighted by atomic mass is 35.5. The molecule has 3 N–H and O–H groups in total. The summed E-state index contributed by atoms with van der Waals surface area (Å²) in [5, 5.41) is 12.5. The van der Waals surface area contributed by atoms with Crippen LogP contribution >= 0.6 is 23.4 Å². The number of hydrogen-bond acceptors (Lipinski definition) is 3. The standard InChI is InChI=1S/C13H17ClN2OS/c14-10-5-6-11(13(15)16-17)12(7-10)18-8-9-3-1-2-4-9/h5-7,9,17H,1-4,8H2,(H2,15,16). The highest BCUT2D eigenvalue weighted by Gasteiger charge is 2.16. The molecule has 1 aromatic carbocycles. The van der Waals surface area contributed by atoms with E-state index in [-0.39, 0.29) is 5.84 Å².